The minimum atomic E-state index is -3.54. The Bertz CT molecular complexity index is 903. The molecule has 0 spiro atoms. The largest absolute Gasteiger partial charge is 0.313 e. The van der Waals surface area contributed by atoms with Gasteiger partial charge in [0.1, 0.15) is 6.54 Å². The summed E-state index contributed by atoms with van der Waals surface area (Å²) in [5.74, 6) is 0. The highest BCUT2D eigenvalue weighted by Gasteiger charge is 2.22. The number of rotatable bonds is 4. The molecule has 1 N–H and O–H groups in total. The topological polar surface area (TPSA) is 63.8 Å². The van der Waals surface area contributed by atoms with Crippen molar-refractivity contribution in [3.8, 4) is 0 Å². The number of nitrogens with zero attached hydrogens (tertiary/aromatic N) is 2. The fourth-order valence-corrected chi connectivity index (χ4v) is 3.94. The molecule has 3 rings (SSSR count). The van der Waals surface area contributed by atoms with Gasteiger partial charge >= 0.3 is 0 Å². The van der Waals surface area contributed by atoms with Crippen LogP contribution in [-0.4, -0.2) is 37.9 Å². The van der Waals surface area contributed by atoms with Crippen molar-refractivity contribution < 1.29 is 13.3 Å². The standard InChI is InChI=1S/C17H21N3O3S/c1-18(2)24(22,23)16-7-8-17(21)20(12-16)13-19-10-9-14-5-3-4-6-15(14)11-19/h3-8,12H,9-11,13H2,1-2H3/p+1. The molecule has 0 aliphatic carbocycles. The van der Waals surface area contributed by atoms with E-state index in [2.05, 4.69) is 12.1 Å². The summed E-state index contributed by atoms with van der Waals surface area (Å²) in [7, 11) is -0.574. The number of nitrogens with one attached hydrogen (secondary N) is 1. The minimum Gasteiger partial charge on any atom is -0.313 e. The van der Waals surface area contributed by atoms with Gasteiger partial charge in [-0.25, -0.2) is 12.7 Å². The van der Waals surface area contributed by atoms with Crippen LogP contribution in [0.2, 0.25) is 0 Å². The van der Waals surface area contributed by atoms with Crippen LogP contribution in [0, 0.1) is 0 Å². The molecule has 1 atom stereocenters. The van der Waals surface area contributed by atoms with Gasteiger partial charge in [0.05, 0.1) is 11.4 Å². The molecule has 7 heteroatoms. The Morgan fingerprint density at radius 1 is 1.12 bits per heavy atom. The normalized spacial score (nSPS) is 17.7. The van der Waals surface area contributed by atoms with Crippen LogP contribution in [-0.2, 0) is 29.7 Å². The van der Waals surface area contributed by atoms with Crippen LogP contribution in [0.15, 0.2) is 52.3 Å². The zero-order valence-electron chi connectivity index (χ0n) is 13.9. The summed E-state index contributed by atoms with van der Waals surface area (Å²) < 4.78 is 27.2. The summed E-state index contributed by atoms with van der Waals surface area (Å²) >= 11 is 0. The van der Waals surface area contributed by atoms with Crippen LogP contribution in [0.5, 0.6) is 0 Å². The molecule has 2 heterocycles. The van der Waals surface area contributed by atoms with Crippen molar-refractivity contribution >= 4 is 10.0 Å². The third kappa shape index (κ3) is 3.28. The second-order valence-corrected chi connectivity index (χ2v) is 8.47. The SMILES string of the molecule is CN(C)S(=O)(=O)c1ccc(=O)n(C[NH+]2CCc3ccccc3C2)c1. The maximum Gasteiger partial charge on any atom is 0.254 e. The third-order valence-corrected chi connectivity index (χ3v) is 6.23. The van der Waals surface area contributed by atoms with Gasteiger partial charge in [-0.15, -0.1) is 0 Å². The van der Waals surface area contributed by atoms with Crippen molar-refractivity contribution in [2.24, 2.45) is 0 Å². The molecule has 1 aromatic heterocycles. The average molecular weight is 348 g/mol. The molecule has 2 aromatic rings. The lowest BCUT2D eigenvalue weighted by Gasteiger charge is -2.26. The van der Waals surface area contributed by atoms with Gasteiger partial charge in [-0.05, 0) is 11.6 Å². The molecular formula is C17H22N3O3S+. The average Bonchev–Trinajstić information content (AvgIpc) is 2.56. The van der Waals surface area contributed by atoms with E-state index in [9.17, 15) is 13.2 Å². The molecular weight excluding hydrogens is 326 g/mol. The van der Waals surface area contributed by atoms with E-state index in [4.69, 9.17) is 0 Å². The number of hydrogen-bond acceptors (Lipinski definition) is 3. The lowest BCUT2D eigenvalue weighted by Crippen LogP contribution is -3.11. The van der Waals surface area contributed by atoms with Crippen molar-refractivity contribution in [3.63, 3.8) is 0 Å². The van der Waals surface area contributed by atoms with Gasteiger partial charge in [-0.3, -0.25) is 9.36 Å². The number of pyridine rings is 1. The molecule has 24 heavy (non-hydrogen) atoms. The van der Waals surface area contributed by atoms with Gasteiger partial charge in [0, 0.05) is 38.3 Å². The maximum atomic E-state index is 12.3. The van der Waals surface area contributed by atoms with Gasteiger partial charge in [0.25, 0.3) is 5.56 Å². The van der Waals surface area contributed by atoms with E-state index in [1.54, 1.807) is 0 Å². The van der Waals surface area contributed by atoms with E-state index < -0.39 is 10.0 Å². The van der Waals surface area contributed by atoms with Gasteiger partial charge in [0.2, 0.25) is 10.0 Å². The zero-order valence-corrected chi connectivity index (χ0v) is 14.7. The summed E-state index contributed by atoms with van der Waals surface area (Å²) in [6.45, 7) is 2.23. The van der Waals surface area contributed by atoms with E-state index >= 15 is 0 Å². The highest BCUT2D eigenvalue weighted by molar-refractivity contribution is 7.89. The monoisotopic (exact) mass is 348 g/mol. The predicted molar refractivity (Wildman–Crippen MR) is 91.3 cm³/mol. The molecule has 1 aliphatic rings. The second-order valence-electron chi connectivity index (χ2n) is 6.31. The van der Waals surface area contributed by atoms with E-state index in [1.165, 1.54) is 53.0 Å². The first-order valence-corrected chi connectivity index (χ1v) is 9.35. The summed E-state index contributed by atoms with van der Waals surface area (Å²) in [4.78, 5) is 13.5. The Labute approximate surface area is 142 Å². The molecule has 0 radical (unpaired) electrons. The number of benzene rings is 1. The van der Waals surface area contributed by atoms with E-state index in [1.807, 2.05) is 12.1 Å². The first-order valence-electron chi connectivity index (χ1n) is 7.91. The van der Waals surface area contributed by atoms with E-state index in [0.717, 1.165) is 23.8 Å². The molecule has 0 amide bonds. The van der Waals surface area contributed by atoms with E-state index in [-0.39, 0.29) is 10.5 Å². The van der Waals surface area contributed by atoms with Crippen LogP contribution in [0.1, 0.15) is 11.1 Å². The second kappa shape index (κ2) is 6.51. The van der Waals surface area contributed by atoms with Crippen molar-refractivity contribution in [2.45, 2.75) is 24.5 Å². The first-order chi connectivity index (χ1) is 11.4. The molecule has 128 valence electrons. The molecule has 0 bridgehead atoms. The number of sulfonamides is 1. The third-order valence-electron chi connectivity index (χ3n) is 4.44. The first kappa shape index (κ1) is 16.9. The predicted octanol–water partition coefficient (Wildman–Crippen LogP) is -0.303. The molecule has 0 fully saturated rings. The Morgan fingerprint density at radius 3 is 2.54 bits per heavy atom. The van der Waals surface area contributed by atoms with Crippen molar-refractivity contribution in [1.29, 1.82) is 0 Å². The lowest BCUT2D eigenvalue weighted by molar-refractivity contribution is -0.938. The smallest absolute Gasteiger partial charge is 0.254 e. The van der Waals surface area contributed by atoms with Crippen LogP contribution in [0.4, 0.5) is 0 Å². The Morgan fingerprint density at radius 2 is 1.83 bits per heavy atom. The van der Waals surface area contributed by atoms with Crippen LogP contribution in [0.25, 0.3) is 0 Å². The number of fused-ring (bicyclic) bond motifs is 1. The van der Waals surface area contributed by atoms with E-state index in [0.29, 0.717) is 6.67 Å². The van der Waals surface area contributed by atoms with Crippen LogP contribution < -0.4 is 10.5 Å². The fourth-order valence-electron chi connectivity index (χ4n) is 3.02. The summed E-state index contributed by atoms with van der Waals surface area (Å²) in [5.41, 5.74) is 2.47. The minimum absolute atomic E-state index is 0.143. The quantitative estimate of drug-likeness (QED) is 0.825. The van der Waals surface area contributed by atoms with Crippen molar-refractivity contribution in [3.05, 3.63) is 64.1 Å². The molecule has 0 saturated heterocycles. The summed E-state index contributed by atoms with van der Waals surface area (Å²) in [5, 5.41) is 0. The van der Waals surface area contributed by atoms with Gasteiger partial charge in [0.15, 0.2) is 6.67 Å². The van der Waals surface area contributed by atoms with Gasteiger partial charge in [-0.1, -0.05) is 24.3 Å². The molecule has 1 unspecified atom stereocenters. The summed E-state index contributed by atoms with van der Waals surface area (Å²) in [6.07, 6.45) is 2.42. The fraction of sp³-hybridized carbons (Fsp3) is 0.353. The number of aromatic nitrogens is 1. The molecule has 1 aliphatic heterocycles. The molecule has 0 saturated carbocycles. The molecule has 6 nitrogen and oxygen atoms in total. The van der Waals surface area contributed by atoms with Crippen LogP contribution in [0.3, 0.4) is 0 Å². The highest BCUT2D eigenvalue weighted by Crippen LogP contribution is 2.12. The Hall–Kier alpha value is -1.96. The van der Waals surface area contributed by atoms with Gasteiger partial charge < -0.3 is 4.90 Å². The Kier molecular flexibility index (Phi) is 4.58. The van der Waals surface area contributed by atoms with Crippen molar-refractivity contribution in [1.82, 2.24) is 8.87 Å². The highest BCUT2D eigenvalue weighted by atomic mass is 32.2. The van der Waals surface area contributed by atoms with Gasteiger partial charge in [-0.2, -0.15) is 0 Å². The zero-order chi connectivity index (χ0) is 17.3. The number of quaternary nitrogens is 1. The van der Waals surface area contributed by atoms with Crippen molar-refractivity contribution in [2.75, 3.05) is 20.6 Å². The summed E-state index contributed by atoms with van der Waals surface area (Å²) in [6, 6.07) is 11.0. The lowest BCUT2D eigenvalue weighted by atomic mass is 10.0. The maximum absolute atomic E-state index is 12.3. The van der Waals surface area contributed by atoms with Crippen LogP contribution >= 0.6 is 0 Å². The number of hydrogen-bond donors (Lipinski definition) is 1. The molecule has 1 aromatic carbocycles. The Balaban J connectivity index is 1.85.